The largest absolute Gasteiger partial charge is 0.390 e. The van der Waals surface area contributed by atoms with E-state index in [0.29, 0.717) is 18.3 Å². The molecule has 0 radical (unpaired) electrons. The molecular formula is C10H16O. The molecule has 62 valence electrons. The van der Waals surface area contributed by atoms with Crippen LogP contribution in [-0.4, -0.2) is 10.7 Å². The molecule has 11 heavy (non-hydrogen) atoms. The molecule has 1 saturated carbocycles. The number of hydrogen-bond donors (Lipinski definition) is 1. The smallest absolute Gasteiger partial charge is 0.0659 e. The van der Waals surface area contributed by atoms with E-state index in [1.54, 1.807) is 0 Å². The molecule has 0 aromatic heterocycles. The summed E-state index contributed by atoms with van der Waals surface area (Å²) < 4.78 is 0. The molecule has 1 fully saturated rings. The van der Waals surface area contributed by atoms with E-state index in [-0.39, 0.29) is 0 Å². The molecule has 0 aromatic rings. The Morgan fingerprint density at radius 1 is 1.73 bits per heavy atom. The monoisotopic (exact) mass is 152 g/mol. The van der Waals surface area contributed by atoms with E-state index in [0.717, 1.165) is 12.8 Å². The highest BCUT2D eigenvalue weighted by molar-refractivity contribution is 4.98. The maximum atomic E-state index is 9.86. The first-order valence-electron chi connectivity index (χ1n) is 4.24. The normalized spacial score (nSPS) is 34.0. The molecular weight excluding hydrogens is 136 g/mol. The summed E-state index contributed by atoms with van der Waals surface area (Å²) in [7, 11) is 0. The average molecular weight is 152 g/mol. The van der Waals surface area contributed by atoms with Gasteiger partial charge in [0.1, 0.15) is 0 Å². The average Bonchev–Trinajstić information content (AvgIpc) is 2.63. The molecule has 0 saturated heterocycles. The standard InChI is InChI=1S/C10H16O/c1-4-5-6-10(3,11)9-7-8(9)2/h1,8-9,11H,5-7H2,2-3H3. The number of rotatable bonds is 3. The van der Waals surface area contributed by atoms with Crippen LogP contribution in [0.25, 0.3) is 0 Å². The van der Waals surface area contributed by atoms with Crippen molar-refractivity contribution < 1.29 is 5.11 Å². The second-order valence-corrected chi connectivity index (χ2v) is 3.88. The maximum Gasteiger partial charge on any atom is 0.0659 e. The second kappa shape index (κ2) is 2.87. The van der Waals surface area contributed by atoms with Crippen LogP contribution in [0, 0.1) is 24.2 Å². The molecule has 0 aromatic carbocycles. The first kappa shape index (κ1) is 8.62. The summed E-state index contributed by atoms with van der Waals surface area (Å²) in [5.41, 5.74) is -0.508. The predicted octanol–water partition coefficient (Wildman–Crippen LogP) is 1.81. The van der Waals surface area contributed by atoms with Gasteiger partial charge < -0.3 is 5.11 Å². The van der Waals surface area contributed by atoms with Gasteiger partial charge in [-0.1, -0.05) is 6.92 Å². The van der Waals surface area contributed by atoms with Gasteiger partial charge in [-0.3, -0.25) is 0 Å². The molecule has 1 N–H and O–H groups in total. The molecule has 3 unspecified atom stereocenters. The zero-order valence-corrected chi connectivity index (χ0v) is 7.30. The predicted molar refractivity (Wildman–Crippen MR) is 46.0 cm³/mol. The lowest BCUT2D eigenvalue weighted by atomic mass is 9.93. The summed E-state index contributed by atoms with van der Waals surface area (Å²) in [5.74, 6) is 3.75. The van der Waals surface area contributed by atoms with E-state index in [9.17, 15) is 5.11 Å². The van der Waals surface area contributed by atoms with Crippen LogP contribution in [0.2, 0.25) is 0 Å². The minimum Gasteiger partial charge on any atom is -0.390 e. The topological polar surface area (TPSA) is 20.2 Å². The first-order chi connectivity index (χ1) is 5.08. The fourth-order valence-electron chi connectivity index (χ4n) is 1.70. The van der Waals surface area contributed by atoms with Gasteiger partial charge in [-0.05, 0) is 31.6 Å². The Morgan fingerprint density at radius 3 is 2.64 bits per heavy atom. The van der Waals surface area contributed by atoms with Crippen molar-refractivity contribution in [1.29, 1.82) is 0 Å². The molecule has 1 aliphatic rings. The van der Waals surface area contributed by atoms with Crippen molar-refractivity contribution in [3.8, 4) is 12.3 Å². The summed E-state index contributed by atoms with van der Waals surface area (Å²) in [6.07, 6.45) is 7.73. The van der Waals surface area contributed by atoms with Crippen LogP contribution in [-0.2, 0) is 0 Å². The van der Waals surface area contributed by atoms with Crippen molar-refractivity contribution in [2.75, 3.05) is 0 Å². The van der Waals surface area contributed by atoms with Gasteiger partial charge in [-0.25, -0.2) is 0 Å². The lowest BCUT2D eigenvalue weighted by molar-refractivity contribution is 0.0250. The van der Waals surface area contributed by atoms with Crippen molar-refractivity contribution in [3.63, 3.8) is 0 Å². The zero-order chi connectivity index (χ0) is 8.48. The quantitative estimate of drug-likeness (QED) is 0.611. The molecule has 0 bridgehead atoms. The summed E-state index contributed by atoms with van der Waals surface area (Å²) >= 11 is 0. The Bertz CT molecular complexity index is 176. The molecule has 0 amide bonds. The summed E-state index contributed by atoms with van der Waals surface area (Å²) in [4.78, 5) is 0. The van der Waals surface area contributed by atoms with E-state index in [4.69, 9.17) is 6.42 Å². The van der Waals surface area contributed by atoms with Crippen LogP contribution in [0.4, 0.5) is 0 Å². The van der Waals surface area contributed by atoms with Gasteiger partial charge >= 0.3 is 0 Å². The Hall–Kier alpha value is -0.480. The summed E-state index contributed by atoms with van der Waals surface area (Å²) in [6.45, 7) is 4.08. The van der Waals surface area contributed by atoms with Gasteiger partial charge in [0.05, 0.1) is 5.60 Å². The Balaban J connectivity index is 2.35. The van der Waals surface area contributed by atoms with Crippen LogP contribution < -0.4 is 0 Å². The van der Waals surface area contributed by atoms with Crippen molar-refractivity contribution in [1.82, 2.24) is 0 Å². The summed E-state index contributed by atoms with van der Waals surface area (Å²) in [6, 6.07) is 0. The highest BCUT2D eigenvalue weighted by atomic mass is 16.3. The number of aliphatic hydroxyl groups is 1. The van der Waals surface area contributed by atoms with E-state index in [1.165, 1.54) is 0 Å². The van der Waals surface area contributed by atoms with E-state index in [2.05, 4.69) is 12.8 Å². The van der Waals surface area contributed by atoms with Gasteiger partial charge in [0.15, 0.2) is 0 Å². The molecule has 0 heterocycles. The number of hydrogen-bond acceptors (Lipinski definition) is 1. The van der Waals surface area contributed by atoms with E-state index < -0.39 is 5.60 Å². The maximum absolute atomic E-state index is 9.86. The molecule has 1 heteroatoms. The molecule has 3 atom stereocenters. The Morgan fingerprint density at radius 2 is 2.27 bits per heavy atom. The first-order valence-corrected chi connectivity index (χ1v) is 4.24. The van der Waals surface area contributed by atoms with Crippen molar-refractivity contribution >= 4 is 0 Å². The number of terminal acetylenes is 1. The van der Waals surface area contributed by atoms with Crippen molar-refractivity contribution in [3.05, 3.63) is 0 Å². The van der Waals surface area contributed by atoms with Crippen LogP contribution in [0.1, 0.15) is 33.1 Å². The van der Waals surface area contributed by atoms with Gasteiger partial charge in [0, 0.05) is 6.42 Å². The van der Waals surface area contributed by atoms with E-state index in [1.807, 2.05) is 6.92 Å². The zero-order valence-electron chi connectivity index (χ0n) is 7.30. The minimum atomic E-state index is -0.508. The SMILES string of the molecule is C#CCCC(C)(O)C1CC1C. The van der Waals surface area contributed by atoms with E-state index >= 15 is 0 Å². The second-order valence-electron chi connectivity index (χ2n) is 3.88. The van der Waals surface area contributed by atoms with Gasteiger partial charge in [0.2, 0.25) is 0 Å². The Labute approximate surface area is 68.8 Å². The third kappa shape index (κ3) is 1.97. The molecule has 0 spiro atoms. The third-order valence-electron chi connectivity index (χ3n) is 2.68. The summed E-state index contributed by atoms with van der Waals surface area (Å²) in [5, 5.41) is 9.86. The van der Waals surface area contributed by atoms with Crippen molar-refractivity contribution in [2.45, 2.75) is 38.7 Å². The lowest BCUT2D eigenvalue weighted by Crippen LogP contribution is -2.27. The fraction of sp³-hybridized carbons (Fsp3) is 0.800. The van der Waals surface area contributed by atoms with Gasteiger partial charge in [0.25, 0.3) is 0 Å². The van der Waals surface area contributed by atoms with Crippen molar-refractivity contribution in [2.24, 2.45) is 11.8 Å². The molecule has 1 nitrogen and oxygen atoms in total. The molecule has 0 aliphatic heterocycles. The fourth-order valence-corrected chi connectivity index (χ4v) is 1.70. The van der Waals surface area contributed by atoms with Crippen LogP contribution in [0.15, 0.2) is 0 Å². The van der Waals surface area contributed by atoms with Gasteiger partial charge in [-0.2, -0.15) is 0 Å². The minimum absolute atomic E-state index is 0.496. The molecule has 1 aliphatic carbocycles. The third-order valence-corrected chi connectivity index (χ3v) is 2.68. The Kier molecular flexibility index (Phi) is 2.25. The van der Waals surface area contributed by atoms with Crippen LogP contribution in [0.3, 0.4) is 0 Å². The highest BCUT2D eigenvalue weighted by Crippen LogP contribution is 2.47. The van der Waals surface area contributed by atoms with Gasteiger partial charge in [-0.15, -0.1) is 12.3 Å². The van der Waals surface area contributed by atoms with Crippen LogP contribution in [0.5, 0.6) is 0 Å². The lowest BCUT2D eigenvalue weighted by Gasteiger charge is -2.22. The highest BCUT2D eigenvalue weighted by Gasteiger charge is 2.45. The molecule has 1 rings (SSSR count). The van der Waals surface area contributed by atoms with Crippen LogP contribution >= 0.6 is 0 Å².